The largest absolute Gasteiger partial charge is 0.416 e. The van der Waals surface area contributed by atoms with E-state index >= 15 is 0 Å². The normalized spacial score (nSPS) is 16.5. The predicted octanol–water partition coefficient (Wildman–Crippen LogP) is 5.00. The molecule has 178 valence electrons. The molecule has 1 N–H and O–H groups in total. The van der Waals surface area contributed by atoms with E-state index in [1.165, 1.54) is 29.1 Å². The highest BCUT2D eigenvalue weighted by Gasteiger charge is 2.34. The maximum Gasteiger partial charge on any atom is 0.416 e. The van der Waals surface area contributed by atoms with Gasteiger partial charge in [0.1, 0.15) is 5.82 Å². The number of halogens is 4. The van der Waals surface area contributed by atoms with Crippen LogP contribution in [0.5, 0.6) is 0 Å². The Labute approximate surface area is 193 Å². The molecule has 1 aliphatic heterocycles. The first-order valence-electron chi connectivity index (χ1n) is 11.0. The average molecular weight is 474 g/mol. The van der Waals surface area contributed by atoms with Gasteiger partial charge in [-0.3, -0.25) is 4.79 Å². The van der Waals surface area contributed by atoms with E-state index in [1.54, 1.807) is 12.1 Å². The van der Waals surface area contributed by atoms with Crippen LogP contribution in [0.25, 0.3) is 5.69 Å². The first-order valence-corrected chi connectivity index (χ1v) is 11.0. The van der Waals surface area contributed by atoms with Crippen molar-refractivity contribution < 1.29 is 27.1 Å². The molecule has 0 bridgehead atoms. The zero-order valence-electron chi connectivity index (χ0n) is 18.1. The number of nitrogens with zero attached hydrogens (tertiary/aromatic N) is 3. The fourth-order valence-electron chi connectivity index (χ4n) is 4.15. The first-order chi connectivity index (χ1) is 16.3. The minimum atomic E-state index is -4.49. The van der Waals surface area contributed by atoms with Crippen LogP contribution in [0, 0.1) is 5.82 Å². The standard InChI is InChI=1S/C24H22F4N4O2/c25-20-13-17(6-7-21(20)31-8-10-34-11-9-31)30-23(33)19-14-29-32(22(19)15-4-5-15)18-3-1-2-16(12-18)24(26,27)28/h1-3,6-7,12-15H,4-5,8-11H2,(H,30,33). The molecule has 1 amide bonds. The minimum Gasteiger partial charge on any atom is -0.378 e. The number of carbonyl (C=O) groups is 1. The summed E-state index contributed by atoms with van der Waals surface area (Å²) in [5, 5.41) is 6.92. The molecule has 1 aliphatic carbocycles. The second-order valence-electron chi connectivity index (χ2n) is 8.40. The number of hydrogen-bond donors (Lipinski definition) is 1. The number of hydrogen-bond acceptors (Lipinski definition) is 4. The van der Waals surface area contributed by atoms with E-state index in [2.05, 4.69) is 10.4 Å². The molecule has 1 saturated heterocycles. The summed E-state index contributed by atoms with van der Waals surface area (Å²) in [5.74, 6) is -0.918. The summed E-state index contributed by atoms with van der Waals surface area (Å²) < 4.78 is 60.9. The maximum absolute atomic E-state index is 14.7. The van der Waals surface area contributed by atoms with Crippen LogP contribution in [0.4, 0.5) is 28.9 Å². The molecule has 1 saturated carbocycles. The fraction of sp³-hybridized carbons (Fsp3) is 0.333. The lowest BCUT2D eigenvalue weighted by Gasteiger charge is -2.29. The van der Waals surface area contributed by atoms with Gasteiger partial charge in [0.15, 0.2) is 0 Å². The minimum absolute atomic E-state index is 0.0261. The zero-order chi connectivity index (χ0) is 23.9. The highest BCUT2D eigenvalue weighted by Crippen LogP contribution is 2.43. The van der Waals surface area contributed by atoms with Crippen molar-refractivity contribution in [3.8, 4) is 5.69 Å². The lowest BCUT2D eigenvalue weighted by atomic mass is 10.1. The van der Waals surface area contributed by atoms with Crippen LogP contribution in [0.1, 0.15) is 40.4 Å². The Bertz CT molecular complexity index is 1210. The van der Waals surface area contributed by atoms with Crippen LogP contribution in [0.15, 0.2) is 48.7 Å². The molecule has 34 heavy (non-hydrogen) atoms. The Morgan fingerprint density at radius 2 is 1.85 bits per heavy atom. The van der Waals surface area contributed by atoms with E-state index in [4.69, 9.17) is 4.74 Å². The van der Waals surface area contributed by atoms with Gasteiger partial charge in [-0.05, 0) is 49.2 Å². The van der Waals surface area contributed by atoms with Crippen molar-refractivity contribution >= 4 is 17.3 Å². The van der Waals surface area contributed by atoms with Crippen LogP contribution in [0.2, 0.25) is 0 Å². The van der Waals surface area contributed by atoms with Gasteiger partial charge in [-0.2, -0.15) is 18.3 Å². The van der Waals surface area contributed by atoms with Crippen molar-refractivity contribution in [2.45, 2.75) is 24.9 Å². The smallest absolute Gasteiger partial charge is 0.378 e. The molecule has 10 heteroatoms. The molecule has 0 unspecified atom stereocenters. The lowest BCUT2D eigenvalue weighted by Crippen LogP contribution is -2.36. The molecule has 0 atom stereocenters. The Morgan fingerprint density at radius 3 is 2.53 bits per heavy atom. The molecule has 2 aromatic carbocycles. The van der Waals surface area contributed by atoms with Gasteiger partial charge in [0.2, 0.25) is 0 Å². The number of ether oxygens (including phenoxy) is 1. The van der Waals surface area contributed by atoms with E-state index in [1.807, 2.05) is 4.90 Å². The van der Waals surface area contributed by atoms with Crippen LogP contribution >= 0.6 is 0 Å². The van der Waals surface area contributed by atoms with Crippen LogP contribution < -0.4 is 10.2 Å². The van der Waals surface area contributed by atoms with Crippen molar-refractivity contribution in [1.29, 1.82) is 0 Å². The highest BCUT2D eigenvalue weighted by atomic mass is 19.4. The van der Waals surface area contributed by atoms with Gasteiger partial charge in [-0.25, -0.2) is 9.07 Å². The third-order valence-corrected chi connectivity index (χ3v) is 5.99. The summed E-state index contributed by atoms with van der Waals surface area (Å²) in [7, 11) is 0. The maximum atomic E-state index is 14.7. The second kappa shape index (κ2) is 8.75. The molecular weight excluding hydrogens is 452 g/mol. The van der Waals surface area contributed by atoms with E-state index < -0.39 is 23.5 Å². The number of alkyl halides is 3. The number of nitrogens with one attached hydrogen (secondary N) is 1. The molecule has 2 fully saturated rings. The Morgan fingerprint density at radius 1 is 1.09 bits per heavy atom. The van der Waals surface area contributed by atoms with Gasteiger partial charge in [-0.15, -0.1) is 0 Å². The summed E-state index contributed by atoms with van der Waals surface area (Å²) >= 11 is 0. The lowest BCUT2D eigenvalue weighted by molar-refractivity contribution is -0.137. The fourth-order valence-corrected chi connectivity index (χ4v) is 4.15. The molecule has 3 aromatic rings. The van der Waals surface area contributed by atoms with Crippen molar-refractivity contribution in [3.05, 3.63) is 71.3 Å². The summed E-state index contributed by atoms with van der Waals surface area (Å²) in [5.41, 5.74) is 0.992. The number of morpholine rings is 1. The number of rotatable bonds is 5. The zero-order valence-corrected chi connectivity index (χ0v) is 18.1. The summed E-state index contributed by atoms with van der Waals surface area (Å²) in [6.45, 7) is 2.22. The molecule has 1 aromatic heterocycles. The van der Waals surface area contributed by atoms with Gasteiger partial charge in [0, 0.05) is 24.7 Å². The summed E-state index contributed by atoms with van der Waals surface area (Å²) in [6.07, 6.45) is -1.51. The molecule has 2 heterocycles. The van der Waals surface area contributed by atoms with Crippen LogP contribution in [0.3, 0.4) is 0 Å². The Kier molecular flexibility index (Phi) is 5.76. The number of anilines is 2. The van der Waals surface area contributed by atoms with Gasteiger partial charge in [0.05, 0.1) is 47.6 Å². The van der Waals surface area contributed by atoms with E-state index in [-0.39, 0.29) is 22.9 Å². The van der Waals surface area contributed by atoms with Gasteiger partial charge in [0.25, 0.3) is 5.91 Å². The quantitative estimate of drug-likeness (QED) is 0.529. The number of benzene rings is 2. The predicted molar refractivity (Wildman–Crippen MR) is 118 cm³/mol. The van der Waals surface area contributed by atoms with E-state index in [0.29, 0.717) is 37.7 Å². The van der Waals surface area contributed by atoms with Gasteiger partial charge in [-0.1, -0.05) is 6.07 Å². The molecular formula is C24H22F4N4O2. The van der Waals surface area contributed by atoms with E-state index in [0.717, 1.165) is 25.0 Å². The number of amides is 1. The van der Waals surface area contributed by atoms with Crippen molar-refractivity contribution in [2.24, 2.45) is 0 Å². The third kappa shape index (κ3) is 4.50. The Balaban J connectivity index is 1.40. The van der Waals surface area contributed by atoms with Gasteiger partial charge >= 0.3 is 6.18 Å². The first kappa shape index (κ1) is 22.4. The van der Waals surface area contributed by atoms with Crippen molar-refractivity contribution in [3.63, 3.8) is 0 Å². The SMILES string of the molecule is O=C(Nc1ccc(N2CCOCC2)c(F)c1)c1cnn(-c2cccc(C(F)(F)F)c2)c1C1CC1. The third-order valence-electron chi connectivity index (χ3n) is 5.99. The average Bonchev–Trinajstić information content (AvgIpc) is 3.56. The van der Waals surface area contributed by atoms with Crippen molar-refractivity contribution in [1.82, 2.24) is 9.78 Å². The van der Waals surface area contributed by atoms with Crippen LogP contribution in [-0.4, -0.2) is 42.0 Å². The van der Waals surface area contributed by atoms with Crippen LogP contribution in [-0.2, 0) is 10.9 Å². The highest BCUT2D eigenvalue weighted by molar-refractivity contribution is 6.05. The summed E-state index contributed by atoms with van der Waals surface area (Å²) in [4.78, 5) is 14.9. The molecule has 0 radical (unpaired) electrons. The molecule has 0 spiro atoms. The molecule has 6 nitrogen and oxygen atoms in total. The summed E-state index contributed by atoms with van der Waals surface area (Å²) in [6, 6.07) is 9.35. The molecule has 5 rings (SSSR count). The van der Waals surface area contributed by atoms with E-state index in [9.17, 15) is 22.4 Å². The number of carbonyl (C=O) groups excluding carboxylic acids is 1. The van der Waals surface area contributed by atoms with Crippen molar-refractivity contribution in [2.75, 3.05) is 36.5 Å². The van der Waals surface area contributed by atoms with Gasteiger partial charge < -0.3 is 15.0 Å². The monoisotopic (exact) mass is 474 g/mol. The Hall–Kier alpha value is -3.40. The second-order valence-corrected chi connectivity index (χ2v) is 8.40. The molecule has 2 aliphatic rings. The topological polar surface area (TPSA) is 59.4 Å². The number of aromatic nitrogens is 2.